The van der Waals surface area contributed by atoms with Crippen molar-refractivity contribution in [2.75, 3.05) is 13.1 Å². The Hall–Kier alpha value is -2.46. The molecule has 1 N–H and O–H groups in total. The summed E-state index contributed by atoms with van der Waals surface area (Å²) in [6, 6.07) is 12.7. The zero-order chi connectivity index (χ0) is 17.5. The lowest BCUT2D eigenvalue weighted by Gasteiger charge is -2.31. The van der Waals surface area contributed by atoms with Crippen molar-refractivity contribution in [1.82, 2.24) is 15.1 Å². The van der Waals surface area contributed by atoms with E-state index in [9.17, 15) is 4.79 Å². The largest absolute Gasteiger partial charge is 0.297 e. The second-order valence-electron chi connectivity index (χ2n) is 7.63. The van der Waals surface area contributed by atoms with Crippen LogP contribution >= 0.6 is 0 Å². The molecule has 1 saturated heterocycles. The molecule has 2 heterocycles. The summed E-state index contributed by atoms with van der Waals surface area (Å²) in [7, 11) is 0. The third-order valence-electron chi connectivity index (χ3n) is 5.97. The quantitative estimate of drug-likeness (QED) is 0.733. The van der Waals surface area contributed by atoms with Crippen LogP contribution in [0.3, 0.4) is 0 Å². The van der Waals surface area contributed by atoms with Gasteiger partial charge < -0.3 is 0 Å². The molecule has 0 radical (unpaired) electrons. The normalized spacial score (nSPS) is 19.9. The molecule has 4 nitrogen and oxygen atoms in total. The maximum Gasteiger partial charge on any atom is 0.167 e. The number of hydrogen-bond donors (Lipinski definition) is 1. The standard InChI is InChI=1S/C22H23N3O/c26-22(17-4-2-12-25(13-17)14-18-10-11-23-24-18)20-9-8-16-7-6-15-3-1-5-19(20)21(15)16/h1,3,5,8-11,17H,2,4,6-7,12-14H2,(H,23,24)/t17-/m1/s1. The van der Waals surface area contributed by atoms with Crippen LogP contribution in [0.1, 0.15) is 40.0 Å². The molecule has 26 heavy (non-hydrogen) atoms. The molecule has 0 saturated carbocycles. The van der Waals surface area contributed by atoms with Gasteiger partial charge in [0.15, 0.2) is 5.78 Å². The first kappa shape index (κ1) is 15.8. The van der Waals surface area contributed by atoms with E-state index in [-0.39, 0.29) is 5.92 Å². The van der Waals surface area contributed by atoms with Gasteiger partial charge in [0.25, 0.3) is 0 Å². The molecule has 1 atom stereocenters. The maximum atomic E-state index is 13.4. The molecule has 0 unspecified atom stereocenters. The average molecular weight is 345 g/mol. The number of benzene rings is 2. The monoisotopic (exact) mass is 345 g/mol. The summed E-state index contributed by atoms with van der Waals surface area (Å²) in [4.78, 5) is 15.7. The SMILES string of the molecule is O=C(c1ccc2c3c(cccc13)CC2)[C@@H]1CCCN(Cc2ccn[nH]2)C1. The van der Waals surface area contributed by atoms with Gasteiger partial charge in [0.1, 0.15) is 0 Å². The molecule has 0 amide bonds. The van der Waals surface area contributed by atoms with Crippen LogP contribution in [-0.4, -0.2) is 34.0 Å². The number of aromatic nitrogens is 2. The summed E-state index contributed by atoms with van der Waals surface area (Å²) >= 11 is 0. The van der Waals surface area contributed by atoms with Crippen molar-refractivity contribution < 1.29 is 4.79 Å². The molecule has 5 rings (SSSR count). The summed E-state index contributed by atoms with van der Waals surface area (Å²) in [6.07, 6.45) is 6.05. The molecular formula is C22H23N3O. The van der Waals surface area contributed by atoms with Gasteiger partial charge in [-0.3, -0.25) is 14.8 Å². The van der Waals surface area contributed by atoms with Gasteiger partial charge in [-0.2, -0.15) is 5.10 Å². The Morgan fingerprint density at radius 1 is 1.15 bits per heavy atom. The van der Waals surface area contributed by atoms with Crippen LogP contribution in [0.5, 0.6) is 0 Å². The lowest BCUT2D eigenvalue weighted by Crippen LogP contribution is -2.38. The van der Waals surface area contributed by atoms with E-state index in [4.69, 9.17) is 0 Å². The van der Waals surface area contributed by atoms with Gasteiger partial charge in [-0.15, -0.1) is 0 Å². The van der Waals surface area contributed by atoms with Gasteiger partial charge in [0, 0.05) is 36.5 Å². The average Bonchev–Trinajstić information content (AvgIpc) is 3.33. The number of carbonyl (C=O) groups excluding carboxylic acids is 1. The smallest absolute Gasteiger partial charge is 0.167 e. The molecule has 2 aliphatic rings. The van der Waals surface area contributed by atoms with Crippen molar-refractivity contribution >= 4 is 16.6 Å². The van der Waals surface area contributed by atoms with Gasteiger partial charge in [-0.25, -0.2) is 0 Å². The number of nitrogens with one attached hydrogen (secondary N) is 1. The highest BCUT2D eigenvalue weighted by Crippen LogP contribution is 2.34. The van der Waals surface area contributed by atoms with Crippen LogP contribution in [0.4, 0.5) is 0 Å². The highest BCUT2D eigenvalue weighted by atomic mass is 16.1. The Kier molecular flexibility index (Phi) is 3.86. The van der Waals surface area contributed by atoms with E-state index in [2.05, 4.69) is 45.4 Å². The van der Waals surface area contributed by atoms with Crippen LogP contribution in [0.25, 0.3) is 10.8 Å². The second-order valence-corrected chi connectivity index (χ2v) is 7.63. The molecule has 1 aliphatic heterocycles. The zero-order valence-corrected chi connectivity index (χ0v) is 14.9. The predicted molar refractivity (Wildman–Crippen MR) is 102 cm³/mol. The van der Waals surface area contributed by atoms with Crippen molar-refractivity contribution in [1.29, 1.82) is 0 Å². The summed E-state index contributed by atoms with van der Waals surface area (Å²) in [5.74, 6) is 0.403. The number of rotatable bonds is 4. The summed E-state index contributed by atoms with van der Waals surface area (Å²) in [5.41, 5.74) is 4.83. The number of nitrogens with zero attached hydrogens (tertiary/aromatic N) is 2. The molecule has 3 aromatic rings. The van der Waals surface area contributed by atoms with Gasteiger partial charge in [0.2, 0.25) is 0 Å². The topological polar surface area (TPSA) is 49.0 Å². The van der Waals surface area contributed by atoms with Crippen molar-refractivity contribution in [2.45, 2.75) is 32.2 Å². The highest BCUT2D eigenvalue weighted by Gasteiger charge is 2.28. The first-order valence-electron chi connectivity index (χ1n) is 9.58. The van der Waals surface area contributed by atoms with Crippen molar-refractivity contribution in [3.63, 3.8) is 0 Å². The van der Waals surface area contributed by atoms with Crippen molar-refractivity contribution in [2.24, 2.45) is 5.92 Å². The lowest BCUT2D eigenvalue weighted by molar-refractivity contribution is 0.0812. The fraction of sp³-hybridized carbons (Fsp3) is 0.364. The number of piperidine rings is 1. The minimum absolute atomic E-state index is 0.0881. The first-order chi connectivity index (χ1) is 12.8. The summed E-state index contributed by atoms with van der Waals surface area (Å²) in [6.45, 7) is 2.72. The van der Waals surface area contributed by atoms with Gasteiger partial charge in [0.05, 0.1) is 0 Å². The Labute approximate surface area is 153 Å². The Balaban J connectivity index is 1.42. The van der Waals surface area contributed by atoms with Crippen LogP contribution in [0, 0.1) is 5.92 Å². The molecule has 1 aliphatic carbocycles. The lowest BCUT2D eigenvalue weighted by atomic mass is 9.87. The van der Waals surface area contributed by atoms with E-state index < -0.39 is 0 Å². The number of Topliss-reactive ketones (excluding diaryl/α,β-unsaturated/α-hetero) is 1. The molecule has 132 valence electrons. The van der Waals surface area contributed by atoms with E-state index >= 15 is 0 Å². The molecule has 4 heteroatoms. The number of aryl methyl sites for hydroxylation is 2. The van der Waals surface area contributed by atoms with Gasteiger partial charge >= 0.3 is 0 Å². The Morgan fingerprint density at radius 3 is 2.88 bits per heavy atom. The van der Waals surface area contributed by atoms with E-state index in [1.807, 2.05) is 6.07 Å². The summed E-state index contributed by atoms with van der Waals surface area (Å²) < 4.78 is 0. The molecule has 0 spiro atoms. The third-order valence-corrected chi connectivity index (χ3v) is 5.97. The van der Waals surface area contributed by atoms with Crippen LogP contribution in [0.2, 0.25) is 0 Å². The Bertz CT molecular complexity index is 951. The van der Waals surface area contributed by atoms with E-state index in [0.717, 1.165) is 62.0 Å². The number of aromatic amines is 1. The number of H-pyrrole nitrogens is 1. The predicted octanol–water partition coefficient (Wildman–Crippen LogP) is 3.76. The molecule has 1 aromatic heterocycles. The van der Waals surface area contributed by atoms with Crippen LogP contribution in [0.15, 0.2) is 42.6 Å². The minimum atomic E-state index is 0.0881. The van der Waals surface area contributed by atoms with Crippen LogP contribution < -0.4 is 0 Å². The zero-order valence-electron chi connectivity index (χ0n) is 14.9. The Morgan fingerprint density at radius 2 is 2.04 bits per heavy atom. The maximum absolute atomic E-state index is 13.4. The molecular weight excluding hydrogens is 322 g/mol. The second kappa shape index (κ2) is 6.36. The molecule has 1 fully saturated rings. The number of likely N-dealkylation sites (tertiary alicyclic amines) is 1. The third kappa shape index (κ3) is 2.65. The number of ketones is 1. The van der Waals surface area contributed by atoms with E-state index in [1.165, 1.54) is 16.5 Å². The fourth-order valence-electron chi connectivity index (χ4n) is 4.71. The molecule has 0 bridgehead atoms. The van der Waals surface area contributed by atoms with E-state index in [0.29, 0.717) is 5.78 Å². The van der Waals surface area contributed by atoms with Crippen molar-refractivity contribution in [3.05, 3.63) is 65.0 Å². The number of carbonyl (C=O) groups is 1. The minimum Gasteiger partial charge on any atom is -0.297 e. The summed E-state index contributed by atoms with van der Waals surface area (Å²) in [5, 5.41) is 9.55. The van der Waals surface area contributed by atoms with Gasteiger partial charge in [-0.05, 0) is 60.2 Å². The highest BCUT2D eigenvalue weighted by molar-refractivity contribution is 6.11. The fourth-order valence-corrected chi connectivity index (χ4v) is 4.71. The first-order valence-corrected chi connectivity index (χ1v) is 9.58. The number of hydrogen-bond acceptors (Lipinski definition) is 3. The van der Waals surface area contributed by atoms with Crippen molar-refractivity contribution in [3.8, 4) is 0 Å². The molecule has 2 aromatic carbocycles. The van der Waals surface area contributed by atoms with Gasteiger partial charge in [-0.1, -0.05) is 30.3 Å². The van der Waals surface area contributed by atoms with E-state index in [1.54, 1.807) is 6.20 Å². The van der Waals surface area contributed by atoms with Crippen LogP contribution in [-0.2, 0) is 19.4 Å².